The molecule has 0 unspecified atom stereocenters. The van der Waals surface area contributed by atoms with Crippen LogP contribution in [0.3, 0.4) is 0 Å². The third-order valence-electron chi connectivity index (χ3n) is 2.87. The van der Waals surface area contributed by atoms with Gasteiger partial charge in [-0.15, -0.1) is 0 Å². The molecule has 0 amide bonds. The van der Waals surface area contributed by atoms with Gasteiger partial charge in [-0.2, -0.15) is 0 Å². The lowest BCUT2D eigenvalue weighted by molar-refractivity contribution is -0.180. The van der Waals surface area contributed by atoms with Gasteiger partial charge in [0.1, 0.15) is 0 Å². The van der Waals surface area contributed by atoms with Gasteiger partial charge in [0.25, 0.3) is 0 Å². The highest BCUT2D eigenvalue weighted by atomic mass is 79.9. The molecule has 2 saturated heterocycles. The van der Waals surface area contributed by atoms with Crippen molar-refractivity contribution in [1.29, 1.82) is 0 Å². The Bertz CT molecular complexity index is 205. The summed E-state index contributed by atoms with van der Waals surface area (Å²) in [4.78, 5) is 0.336. The second-order valence-electron chi connectivity index (χ2n) is 4.37. The second kappa shape index (κ2) is 2.46. The minimum absolute atomic E-state index is 0.114. The first kappa shape index (κ1) is 8.97. The molecule has 0 aromatic carbocycles. The monoisotopic (exact) mass is 234 g/mol. The summed E-state index contributed by atoms with van der Waals surface area (Å²) in [5.41, 5.74) is -0.114. The van der Waals surface area contributed by atoms with Crippen molar-refractivity contribution < 1.29 is 9.47 Å². The van der Waals surface area contributed by atoms with Crippen LogP contribution in [0.1, 0.15) is 33.6 Å². The molecule has 3 atom stereocenters. The van der Waals surface area contributed by atoms with Crippen LogP contribution in [-0.4, -0.2) is 22.3 Å². The normalized spacial score (nSPS) is 51.0. The summed E-state index contributed by atoms with van der Waals surface area (Å²) < 4.78 is 11.7. The van der Waals surface area contributed by atoms with Crippen molar-refractivity contribution in [3.63, 3.8) is 0 Å². The molecule has 12 heavy (non-hydrogen) atoms. The Kier molecular flexibility index (Phi) is 1.84. The van der Waals surface area contributed by atoms with Crippen molar-refractivity contribution in [2.45, 2.75) is 55.9 Å². The SMILES string of the molecule is CC1(C)O[C@@]2(C)O[C@@H]1CC[C@@H]2Br. The van der Waals surface area contributed by atoms with Crippen LogP contribution < -0.4 is 0 Å². The molecule has 0 aliphatic carbocycles. The van der Waals surface area contributed by atoms with E-state index in [1.807, 2.05) is 6.92 Å². The van der Waals surface area contributed by atoms with E-state index in [-0.39, 0.29) is 11.7 Å². The number of hydrogen-bond donors (Lipinski definition) is 0. The standard InChI is InChI=1S/C9H15BrO2/c1-8(2)7-5-4-6(10)9(3,11-7)12-8/h6-7H,4-5H2,1-3H3/t6-,7+,9+/m0/s1. The Hall–Kier alpha value is 0.400. The largest absolute Gasteiger partial charge is 0.343 e. The molecular formula is C9H15BrO2. The van der Waals surface area contributed by atoms with Gasteiger partial charge in [-0.05, 0) is 33.6 Å². The second-order valence-corrected chi connectivity index (χ2v) is 5.48. The quantitative estimate of drug-likeness (QED) is 0.600. The van der Waals surface area contributed by atoms with Gasteiger partial charge in [0.05, 0.1) is 16.5 Å². The van der Waals surface area contributed by atoms with E-state index < -0.39 is 5.79 Å². The first-order valence-electron chi connectivity index (χ1n) is 4.46. The van der Waals surface area contributed by atoms with E-state index in [1.54, 1.807) is 0 Å². The van der Waals surface area contributed by atoms with Crippen LogP contribution in [0.15, 0.2) is 0 Å². The molecule has 0 spiro atoms. The maximum atomic E-state index is 5.90. The van der Waals surface area contributed by atoms with Gasteiger partial charge >= 0.3 is 0 Å². The summed E-state index contributed by atoms with van der Waals surface area (Å²) in [5.74, 6) is -0.396. The summed E-state index contributed by atoms with van der Waals surface area (Å²) in [6.45, 7) is 6.23. The molecule has 2 heterocycles. The number of hydrogen-bond acceptors (Lipinski definition) is 2. The van der Waals surface area contributed by atoms with Crippen molar-refractivity contribution in [3.8, 4) is 0 Å². The van der Waals surface area contributed by atoms with Gasteiger partial charge in [0, 0.05) is 0 Å². The average molecular weight is 235 g/mol. The number of ether oxygens (including phenoxy) is 2. The topological polar surface area (TPSA) is 18.5 Å². The molecule has 0 radical (unpaired) electrons. The Balaban J connectivity index is 2.27. The lowest BCUT2D eigenvalue weighted by Gasteiger charge is -2.32. The molecule has 2 bridgehead atoms. The molecule has 2 aliphatic heterocycles. The molecule has 2 fully saturated rings. The van der Waals surface area contributed by atoms with Crippen LogP contribution in [0.2, 0.25) is 0 Å². The maximum Gasteiger partial charge on any atom is 0.179 e. The third-order valence-corrected chi connectivity index (χ3v) is 4.16. The Morgan fingerprint density at radius 1 is 1.25 bits per heavy atom. The van der Waals surface area contributed by atoms with E-state index >= 15 is 0 Å². The first-order valence-corrected chi connectivity index (χ1v) is 5.38. The van der Waals surface area contributed by atoms with Crippen LogP contribution in [0.4, 0.5) is 0 Å². The summed E-state index contributed by atoms with van der Waals surface area (Å²) in [6, 6.07) is 0. The predicted octanol–water partition coefficient (Wildman–Crippen LogP) is 2.45. The zero-order valence-electron chi connectivity index (χ0n) is 7.76. The van der Waals surface area contributed by atoms with Gasteiger partial charge in [-0.3, -0.25) is 0 Å². The lowest BCUT2D eigenvalue weighted by Crippen LogP contribution is -2.40. The van der Waals surface area contributed by atoms with E-state index in [0.29, 0.717) is 4.83 Å². The van der Waals surface area contributed by atoms with Crippen LogP contribution in [0.5, 0.6) is 0 Å². The van der Waals surface area contributed by atoms with E-state index in [0.717, 1.165) is 12.8 Å². The molecule has 0 aromatic heterocycles. The summed E-state index contributed by atoms with van der Waals surface area (Å²) >= 11 is 3.60. The van der Waals surface area contributed by atoms with Crippen LogP contribution in [0.25, 0.3) is 0 Å². The zero-order chi connectivity index (χ0) is 8.98. The Morgan fingerprint density at radius 2 is 1.92 bits per heavy atom. The fourth-order valence-corrected chi connectivity index (χ4v) is 2.61. The predicted molar refractivity (Wildman–Crippen MR) is 50.4 cm³/mol. The van der Waals surface area contributed by atoms with E-state index in [2.05, 4.69) is 29.8 Å². The molecule has 0 N–H and O–H groups in total. The van der Waals surface area contributed by atoms with Crippen molar-refractivity contribution in [2.24, 2.45) is 0 Å². The third kappa shape index (κ3) is 1.14. The molecule has 2 aliphatic rings. The number of halogens is 1. The van der Waals surface area contributed by atoms with Crippen LogP contribution in [-0.2, 0) is 9.47 Å². The van der Waals surface area contributed by atoms with Crippen LogP contribution in [0, 0.1) is 0 Å². The number of alkyl halides is 1. The fourth-order valence-electron chi connectivity index (χ4n) is 2.14. The summed E-state index contributed by atoms with van der Waals surface area (Å²) in [5, 5.41) is 0. The summed E-state index contributed by atoms with van der Waals surface area (Å²) in [6.07, 6.45) is 2.51. The minimum atomic E-state index is -0.396. The van der Waals surface area contributed by atoms with Gasteiger partial charge in [-0.25, -0.2) is 0 Å². The van der Waals surface area contributed by atoms with Crippen molar-refractivity contribution >= 4 is 15.9 Å². The summed E-state index contributed by atoms with van der Waals surface area (Å²) in [7, 11) is 0. The van der Waals surface area contributed by atoms with Crippen molar-refractivity contribution in [2.75, 3.05) is 0 Å². The fraction of sp³-hybridized carbons (Fsp3) is 1.00. The van der Waals surface area contributed by atoms with E-state index in [9.17, 15) is 0 Å². The lowest BCUT2D eigenvalue weighted by atomic mass is 9.96. The average Bonchev–Trinajstić information content (AvgIpc) is 2.12. The van der Waals surface area contributed by atoms with Gasteiger partial charge < -0.3 is 9.47 Å². The molecule has 3 heteroatoms. The highest BCUT2D eigenvalue weighted by Crippen LogP contribution is 2.47. The highest BCUT2D eigenvalue weighted by Gasteiger charge is 2.55. The van der Waals surface area contributed by atoms with Crippen LogP contribution >= 0.6 is 15.9 Å². The van der Waals surface area contributed by atoms with E-state index in [1.165, 1.54) is 0 Å². The smallest absolute Gasteiger partial charge is 0.179 e. The Labute approximate surface area is 81.7 Å². The van der Waals surface area contributed by atoms with Gasteiger partial charge in [0.2, 0.25) is 0 Å². The van der Waals surface area contributed by atoms with Crippen molar-refractivity contribution in [3.05, 3.63) is 0 Å². The molecule has 70 valence electrons. The van der Waals surface area contributed by atoms with Gasteiger partial charge in [-0.1, -0.05) is 15.9 Å². The molecule has 0 aromatic rings. The van der Waals surface area contributed by atoms with Gasteiger partial charge in [0.15, 0.2) is 5.79 Å². The molecule has 0 saturated carbocycles. The molecule has 2 nitrogen and oxygen atoms in total. The maximum absolute atomic E-state index is 5.90. The minimum Gasteiger partial charge on any atom is -0.343 e. The van der Waals surface area contributed by atoms with E-state index in [4.69, 9.17) is 9.47 Å². The first-order chi connectivity index (χ1) is 5.44. The molecular weight excluding hydrogens is 220 g/mol. The van der Waals surface area contributed by atoms with Crippen molar-refractivity contribution in [1.82, 2.24) is 0 Å². The number of fused-ring (bicyclic) bond motifs is 2. The number of rotatable bonds is 0. The zero-order valence-corrected chi connectivity index (χ0v) is 9.35. The Morgan fingerprint density at radius 3 is 2.50 bits per heavy atom. The molecule has 2 rings (SSSR count). The highest BCUT2D eigenvalue weighted by molar-refractivity contribution is 9.09.